The van der Waals surface area contributed by atoms with Gasteiger partial charge in [-0.3, -0.25) is 0 Å². The molecule has 1 N–H and O–H groups in total. The number of piperidine rings is 1. The molecule has 0 spiro atoms. The van der Waals surface area contributed by atoms with Crippen LogP contribution < -0.4 is 10.2 Å². The Labute approximate surface area is 117 Å². The Bertz CT molecular complexity index is 441. The smallest absolute Gasteiger partial charge is 0.0403 e. The Morgan fingerprint density at radius 1 is 1.16 bits per heavy atom. The van der Waals surface area contributed by atoms with Crippen molar-refractivity contribution < 1.29 is 0 Å². The zero-order valence-electron chi connectivity index (χ0n) is 12.4. The van der Waals surface area contributed by atoms with E-state index in [1.165, 1.54) is 49.0 Å². The molecule has 0 aromatic heterocycles. The minimum Gasteiger partial charge on any atom is -0.365 e. The number of nitrogens with one attached hydrogen (secondary N) is 1. The maximum absolute atomic E-state index is 3.36. The molecule has 3 rings (SSSR count). The Kier molecular flexibility index (Phi) is 3.53. The number of hydrogen-bond donors (Lipinski definition) is 1. The van der Waals surface area contributed by atoms with Gasteiger partial charge in [0.25, 0.3) is 0 Å². The molecule has 104 valence electrons. The summed E-state index contributed by atoms with van der Waals surface area (Å²) in [6, 6.07) is 8.33. The van der Waals surface area contributed by atoms with Crippen molar-refractivity contribution in [1.82, 2.24) is 5.32 Å². The van der Waals surface area contributed by atoms with Crippen molar-refractivity contribution in [2.24, 2.45) is 5.92 Å². The first kappa shape index (κ1) is 13.0. The van der Waals surface area contributed by atoms with Crippen molar-refractivity contribution in [2.75, 3.05) is 18.5 Å². The van der Waals surface area contributed by atoms with Crippen LogP contribution in [0.3, 0.4) is 0 Å². The normalized spacial score (nSPS) is 29.8. The second-order valence-electron chi connectivity index (χ2n) is 6.41. The minimum atomic E-state index is 0.776. The summed E-state index contributed by atoms with van der Waals surface area (Å²) in [5.41, 5.74) is 4.40. The maximum atomic E-state index is 3.36. The van der Waals surface area contributed by atoms with Crippen LogP contribution in [0.1, 0.15) is 36.8 Å². The molecule has 0 aliphatic carbocycles. The molecule has 0 radical (unpaired) electrons. The van der Waals surface area contributed by atoms with Gasteiger partial charge < -0.3 is 10.2 Å². The SMILES string of the molecule is CNCC1CC2CCC(C1)N2c1cccc(C)c1C. The Morgan fingerprint density at radius 3 is 2.47 bits per heavy atom. The highest BCUT2D eigenvalue weighted by atomic mass is 15.2. The van der Waals surface area contributed by atoms with E-state index in [2.05, 4.69) is 49.3 Å². The molecule has 1 aromatic rings. The van der Waals surface area contributed by atoms with Gasteiger partial charge in [-0.1, -0.05) is 12.1 Å². The summed E-state index contributed by atoms with van der Waals surface area (Å²) in [5.74, 6) is 0.879. The molecule has 19 heavy (non-hydrogen) atoms. The van der Waals surface area contributed by atoms with E-state index in [0.717, 1.165) is 18.0 Å². The fourth-order valence-electron chi connectivity index (χ4n) is 4.15. The first-order valence-electron chi connectivity index (χ1n) is 7.70. The van der Waals surface area contributed by atoms with E-state index in [1.54, 1.807) is 0 Å². The second kappa shape index (κ2) is 5.16. The summed E-state index contributed by atoms with van der Waals surface area (Å²) in [6.45, 7) is 5.70. The Hall–Kier alpha value is -1.02. The Morgan fingerprint density at radius 2 is 1.84 bits per heavy atom. The van der Waals surface area contributed by atoms with Gasteiger partial charge in [-0.25, -0.2) is 0 Å². The predicted octanol–water partition coefficient (Wildman–Crippen LogP) is 3.27. The minimum absolute atomic E-state index is 0.776. The molecule has 0 saturated carbocycles. The van der Waals surface area contributed by atoms with Crippen LogP contribution in [0.15, 0.2) is 18.2 Å². The number of nitrogens with zero attached hydrogens (tertiary/aromatic N) is 1. The monoisotopic (exact) mass is 258 g/mol. The molecule has 2 nitrogen and oxygen atoms in total. The van der Waals surface area contributed by atoms with Crippen LogP contribution in [-0.4, -0.2) is 25.7 Å². The number of fused-ring (bicyclic) bond motifs is 2. The van der Waals surface area contributed by atoms with Crippen LogP contribution in [0.4, 0.5) is 5.69 Å². The van der Waals surface area contributed by atoms with Gasteiger partial charge in [-0.05, 0) is 76.2 Å². The van der Waals surface area contributed by atoms with Crippen molar-refractivity contribution in [3.05, 3.63) is 29.3 Å². The van der Waals surface area contributed by atoms with E-state index in [9.17, 15) is 0 Å². The van der Waals surface area contributed by atoms with Gasteiger partial charge in [0, 0.05) is 17.8 Å². The summed E-state index contributed by atoms with van der Waals surface area (Å²) in [4.78, 5) is 2.74. The third kappa shape index (κ3) is 2.27. The standard InChI is InChI=1S/C17H26N2/c1-12-5-4-6-17(13(12)2)19-15-7-8-16(19)10-14(9-15)11-18-3/h4-6,14-16,18H,7-11H2,1-3H3. The average Bonchev–Trinajstić information content (AvgIpc) is 2.65. The predicted molar refractivity (Wildman–Crippen MR) is 81.9 cm³/mol. The zero-order chi connectivity index (χ0) is 13.4. The highest BCUT2D eigenvalue weighted by Gasteiger charge is 2.40. The lowest BCUT2D eigenvalue weighted by atomic mass is 9.89. The molecule has 2 bridgehead atoms. The van der Waals surface area contributed by atoms with Crippen molar-refractivity contribution in [3.8, 4) is 0 Å². The van der Waals surface area contributed by atoms with Crippen molar-refractivity contribution in [2.45, 2.75) is 51.6 Å². The molecule has 1 aromatic carbocycles. The molecule has 0 amide bonds. The lowest BCUT2D eigenvalue weighted by Gasteiger charge is -2.41. The summed E-state index contributed by atoms with van der Waals surface area (Å²) < 4.78 is 0. The van der Waals surface area contributed by atoms with E-state index in [1.807, 2.05) is 0 Å². The number of rotatable bonds is 3. The van der Waals surface area contributed by atoms with Gasteiger partial charge in [0.15, 0.2) is 0 Å². The number of hydrogen-bond acceptors (Lipinski definition) is 2. The third-order valence-corrected chi connectivity index (χ3v) is 5.18. The van der Waals surface area contributed by atoms with Gasteiger partial charge in [-0.2, -0.15) is 0 Å². The van der Waals surface area contributed by atoms with Gasteiger partial charge in [0.05, 0.1) is 0 Å². The number of aryl methyl sites for hydroxylation is 1. The first-order valence-corrected chi connectivity index (χ1v) is 7.70. The van der Waals surface area contributed by atoms with Gasteiger partial charge in [0.1, 0.15) is 0 Å². The largest absolute Gasteiger partial charge is 0.365 e. The third-order valence-electron chi connectivity index (χ3n) is 5.18. The molecule has 2 fully saturated rings. The molecule has 2 aliphatic heterocycles. The highest BCUT2D eigenvalue weighted by Crippen LogP contribution is 2.42. The van der Waals surface area contributed by atoms with Crippen LogP contribution in [-0.2, 0) is 0 Å². The van der Waals surface area contributed by atoms with Crippen LogP contribution in [0, 0.1) is 19.8 Å². The zero-order valence-corrected chi connectivity index (χ0v) is 12.4. The van der Waals surface area contributed by atoms with E-state index < -0.39 is 0 Å². The van der Waals surface area contributed by atoms with Gasteiger partial charge in [0.2, 0.25) is 0 Å². The van der Waals surface area contributed by atoms with E-state index in [4.69, 9.17) is 0 Å². The average molecular weight is 258 g/mol. The number of anilines is 1. The van der Waals surface area contributed by atoms with E-state index in [0.29, 0.717) is 0 Å². The van der Waals surface area contributed by atoms with E-state index >= 15 is 0 Å². The molecule has 2 saturated heterocycles. The topological polar surface area (TPSA) is 15.3 Å². The quantitative estimate of drug-likeness (QED) is 0.895. The van der Waals surface area contributed by atoms with Crippen molar-refractivity contribution in [1.29, 1.82) is 0 Å². The molecule has 2 heteroatoms. The molecular weight excluding hydrogens is 232 g/mol. The second-order valence-corrected chi connectivity index (χ2v) is 6.41. The van der Waals surface area contributed by atoms with Crippen LogP contribution in [0.2, 0.25) is 0 Å². The number of benzene rings is 1. The van der Waals surface area contributed by atoms with Crippen LogP contribution in [0.5, 0.6) is 0 Å². The molecule has 2 aliphatic rings. The molecular formula is C17H26N2. The summed E-state index contributed by atoms with van der Waals surface area (Å²) in [7, 11) is 2.08. The summed E-state index contributed by atoms with van der Waals surface area (Å²) in [6.07, 6.45) is 5.51. The van der Waals surface area contributed by atoms with Crippen molar-refractivity contribution in [3.63, 3.8) is 0 Å². The van der Waals surface area contributed by atoms with Gasteiger partial charge in [-0.15, -0.1) is 0 Å². The fourth-order valence-corrected chi connectivity index (χ4v) is 4.15. The first-order chi connectivity index (χ1) is 9.20. The summed E-state index contributed by atoms with van der Waals surface area (Å²) >= 11 is 0. The summed E-state index contributed by atoms with van der Waals surface area (Å²) in [5, 5.41) is 3.36. The lowest BCUT2D eigenvalue weighted by molar-refractivity contribution is 0.332. The van der Waals surface area contributed by atoms with Gasteiger partial charge >= 0.3 is 0 Å². The fraction of sp³-hybridized carbons (Fsp3) is 0.647. The van der Waals surface area contributed by atoms with Crippen molar-refractivity contribution >= 4 is 5.69 Å². The lowest BCUT2D eigenvalue weighted by Crippen LogP contribution is -2.45. The highest BCUT2D eigenvalue weighted by molar-refractivity contribution is 5.58. The van der Waals surface area contributed by atoms with Crippen LogP contribution in [0.25, 0.3) is 0 Å². The molecule has 2 unspecified atom stereocenters. The van der Waals surface area contributed by atoms with E-state index in [-0.39, 0.29) is 0 Å². The molecule has 2 atom stereocenters. The Balaban J connectivity index is 1.85. The van der Waals surface area contributed by atoms with Crippen LogP contribution >= 0.6 is 0 Å². The molecule has 2 heterocycles. The maximum Gasteiger partial charge on any atom is 0.0403 e.